The van der Waals surface area contributed by atoms with Gasteiger partial charge in [-0.1, -0.05) is 25.0 Å². The van der Waals surface area contributed by atoms with Crippen LogP contribution in [-0.2, 0) is 0 Å². The Bertz CT molecular complexity index is 439. The maximum Gasteiger partial charge on any atom is 0.118 e. The average Bonchev–Trinajstić information content (AvgIpc) is 2.85. The molecule has 0 spiro atoms. The lowest BCUT2D eigenvalue weighted by Gasteiger charge is -2.36. The number of nitrogens with two attached hydrogens (primary N) is 1. The Hall–Kier alpha value is -1.10. The van der Waals surface area contributed by atoms with E-state index in [2.05, 4.69) is 24.1 Å². The Labute approximate surface area is 127 Å². The molecule has 21 heavy (non-hydrogen) atoms. The highest BCUT2D eigenvalue weighted by atomic mass is 16.5. The third-order valence-corrected chi connectivity index (χ3v) is 4.51. The van der Waals surface area contributed by atoms with Crippen LogP contribution in [0.3, 0.4) is 0 Å². The van der Waals surface area contributed by atoms with Gasteiger partial charge in [0.25, 0.3) is 0 Å². The average molecular weight is 292 g/mol. The van der Waals surface area contributed by atoms with E-state index in [1.807, 2.05) is 19.1 Å². The minimum Gasteiger partial charge on any atom is -0.497 e. The summed E-state index contributed by atoms with van der Waals surface area (Å²) in [7, 11) is 3.72. The lowest BCUT2D eigenvalue weighted by Crippen LogP contribution is -2.45. The molecular weight excluding hydrogens is 264 g/mol. The first-order chi connectivity index (χ1) is 9.95. The van der Waals surface area contributed by atoms with E-state index < -0.39 is 5.60 Å². The van der Waals surface area contributed by atoms with Crippen LogP contribution in [0, 0.1) is 0 Å². The van der Waals surface area contributed by atoms with Gasteiger partial charge < -0.3 is 15.6 Å². The molecule has 4 heteroatoms. The third-order valence-electron chi connectivity index (χ3n) is 4.51. The molecule has 2 atom stereocenters. The van der Waals surface area contributed by atoms with Crippen molar-refractivity contribution in [3.05, 3.63) is 29.8 Å². The summed E-state index contributed by atoms with van der Waals surface area (Å²) in [5.74, 6) is 0.847. The van der Waals surface area contributed by atoms with Crippen LogP contribution in [0.1, 0.15) is 44.2 Å². The summed E-state index contributed by atoms with van der Waals surface area (Å²) in [6.45, 7) is 2.69. The summed E-state index contributed by atoms with van der Waals surface area (Å²) in [5, 5.41) is 10.6. The van der Waals surface area contributed by atoms with E-state index in [1.165, 1.54) is 0 Å². The van der Waals surface area contributed by atoms with Gasteiger partial charge in [0.05, 0.1) is 12.7 Å². The van der Waals surface area contributed by atoms with E-state index in [4.69, 9.17) is 10.5 Å². The smallest absolute Gasteiger partial charge is 0.118 e. The largest absolute Gasteiger partial charge is 0.497 e. The van der Waals surface area contributed by atoms with Crippen molar-refractivity contribution in [3.8, 4) is 5.75 Å². The molecule has 4 nitrogen and oxygen atoms in total. The molecule has 0 aromatic heterocycles. The van der Waals surface area contributed by atoms with E-state index in [1.54, 1.807) is 7.11 Å². The Morgan fingerprint density at radius 2 is 1.86 bits per heavy atom. The summed E-state index contributed by atoms with van der Waals surface area (Å²) in [6, 6.07) is 8.13. The Morgan fingerprint density at radius 3 is 2.33 bits per heavy atom. The number of benzene rings is 1. The fourth-order valence-electron chi connectivity index (χ4n) is 3.51. The van der Waals surface area contributed by atoms with E-state index >= 15 is 0 Å². The first-order valence-electron chi connectivity index (χ1n) is 7.77. The van der Waals surface area contributed by atoms with Gasteiger partial charge in [0, 0.05) is 18.6 Å². The second-order valence-corrected chi connectivity index (χ2v) is 6.42. The fourth-order valence-corrected chi connectivity index (χ4v) is 3.51. The minimum absolute atomic E-state index is 0.00611. The van der Waals surface area contributed by atoms with Crippen LogP contribution in [-0.4, -0.2) is 42.4 Å². The maximum atomic E-state index is 10.6. The number of hydrogen-bond donors (Lipinski definition) is 2. The van der Waals surface area contributed by atoms with Crippen LogP contribution in [0.5, 0.6) is 5.75 Å². The molecule has 2 rings (SSSR count). The van der Waals surface area contributed by atoms with Crippen molar-refractivity contribution >= 4 is 0 Å². The predicted octanol–water partition coefficient (Wildman–Crippen LogP) is 2.32. The van der Waals surface area contributed by atoms with Crippen molar-refractivity contribution in [2.24, 2.45) is 5.73 Å². The monoisotopic (exact) mass is 292 g/mol. The number of methoxy groups -OCH3 is 1. The van der Waals surface area contributed by atoms with Crippen LogP contribution in [0.4, 0.5) is 0 Å². The van der Waals surface area contributed by atoms with E-state index in [0.29, 0.717) is 6.54 Å². The van der Waals surface area contributed by atoms with Crippen LogP contribution in [0.25, 0.3) is 0 Å². The van der Waals surface area contributed by atoms with Gasteiger partial charge in [-0.25, -0.2) is 0 Å². The van der Waals surface area contributed by atoms with Crippen molar-refractivity contribution in [1.82, 2.24) is 4.90 Å². The number of ether oxygens (including phenoxy) is 1. The van der Waals surface area contributed by atoms with E-state index in [0.717, 1.165) is 37.0 Å². The molecule has 1 saturated carbocycles. The minimum atomic E-state index is -0.547. The Balaban J connectivity index is 2.13. The highest BCUT2D eigenvalue weighted by Crippen LogP contribution is 2.33. The molecule has 0 heterocycles. The highest BCUT2D eigenvalue weighted by Gasteiger charge is 2.34. The molecule has 118 valence electrons. The molecule has 3 N–H and O–H groups in total. The van der Waals surface area contributed by atoms with Crippen molar-refractivity contribution in [2.75, 3.05) is 20.7 Å². The summed E-state index contributed by atoms with van der Waals surface area (Å²) < 4.78 is 5.21. The topological polar surface area (TPSA) is 58.7 Å². The zero-order chi connectivity index (χ0) is 15.5. The number of nitrogens with zero attached hydrogens (tertiary/aromatic N) is 1. The molecule has 0 amide bonds. The number of hydrogen-bond acceptors (Lipinski definition) is 4. The number of rotatable bonds is 6. The molecule has 0 bridgehead atoms. The zero-order valence-corrected chi connectivity index (χ0v) is 13.4. The van der Waals surface area contributed by atoms with Gasteiger partial charge in [-0.05, 0) is 44.5 Å². The van der Waals surface area contributed by atoms with Gasteiger partial charge in [0.15, 0.2) is 0 Å². The SMILES string of the molecule is COc1ccc(C(C(C)N)N(C)CC2(O)CCCC2)cc1. The summed E-state index contributed by atoms with van der Waals surface area (Å²) in [4.78, 5) is 2.19. The molecule has 0 radical (unpaired) electrons. The molecule has 0 aliphatic heterocycles. The summed E-state index contributed by atoms with van der Waals surface area (Å²) in [6.07, 6.45) is 4.03. The molecule has 1 aromatic rings. The maximum absolute atomic E-state index is 10.6. The highest BCUT2D eigenvalue weighted by molar-refractivity contribution is 5.30. The lowest BCUT2D eigenvalue weighted by atomic mass is 9.96. The number of aliphatic hydroxyl groups is 1. The predicted molar refractivity (Wildman–Crippen MR) is 85.4 cm³/mol. The van der Waals surface area contributed by atoms with E-state index in [-0.39, 0.29) is 12.1 Å². The second-order valence-electron chi connectivity index (χ2n) is 6.42. The lowest BCUT2D eigenvalue weighted by molar-refractivity contribution is 0.00253. The summed E-state index contributed by atoms with van der Waals surface area (Å²) >= 11 is 0. The van der Waals surface area contributed by atoms with Crippen LogP contribution in [0.15, 0.2) is 24.3 Å². The Kier molecular flexibility index (Phi) is 5.25. The molecule has 0 saturated heterocycles. The van der Waals surface area contributed by atoms with Gasteiger partial charge in [-0.2, -0.15) is 0 Å². The standard InChI is InChI=1S/C17H28N2O2/c1-13(18)16(14-6-8-15(21-3)9-7-14)19(2)12-17(20)10-4-5-11-17/h6-9,13,16,20H,4-5,10-12,18H2,1-3H3. The fraction of sp³-hybridized carbons (Fsp3) is 0.647. The molecule has 1 aliphatic rings. The normalized spacial score (nSPS) is 20.5. The van der Waals surface area contributed by atoms with Crippen molar-refractivity contribution in [1.29, 1.82) is 0 Å². The quantitative estimate of drug-likeness (QED) is 0.845. The third kappa shape index (κ3) is 3.96. The second kappa shape index (κ2) is 6.77. The van der Waals surface area contributed by atoms with Gasteiger partial charge in [0.1, 0.15) is 5.75 Å². The van der Waals surface area contributed by atoms with E-state index in [9.17, 15) is 5.11 Å². The molecular formula is C17H28N2O2. The number of likely N-dealkylation sites (N-methyl/N-ethyl adjacent to an activating group) is 1. The van der Waals surface area contributed by atoms with Gasteiger partial charge >= 0.3 is 0 Å². The van der Waals surface area contributed by atoms with Crippen LogP contribution >= 0.6 is 0 Å². The Morgan fingerprint density at radius 1 is 1.29 bits per heavy atom. The molecule has 1 aliphatic carbocycles. The van der Waals surface area contributed by atoms with Gasteiger partial charge in [-0.15, -0.1) is 0 Å². The molecule has 1 aromatic carbocycles. The summed E-state index contributed by atoms with van der Waals surface area (Å²) in [5.41, 5.74) is 6.82. The van der Waals surface area contributed by atoms with Crippen molar-refractivity contribution in [3.63, 3.8) is 0 Å². The van der Waals surface area contributed by atoms with Crippen LogP contribution < -0.4 is 10.5 Å². The van der Waals surface area contributed by atoms with Crippen LogP contribution in [0.2, 0.25) is 0 Å². The van der Waals surface area contributed by atoms with Crippen molar-refractivity contribution < 1.29 is 9.84 Å². The van der Waals surface area contributed by atoms with Gasteiger partial charge in [0.2, 0.25) is 0 Å². The first-order valence-corrected chi connectivity index (χ1v) is 7.77. The zero-order valence-electron chi connectivity index (χ0n) is 13.4. The van der Waals surface area contributed by atoms with Crippen molar-refractivity contribution in [2.45, 2.75) is 50.3 Å². The van der Waals surface area contributed by atoms with Gasteiger partial charge in [-0.3, -0.25) is 4.90 Å². The molecule has 1 fully saturated rings. The first kappa shape index (κ1) is 16.3. The molecule has 2 unspecified atom stereocenters.